The fraction of sp³-hybridized carbons (Fsp3) is 0.381. The Bertz CT molecular complexity index is 794. The maximum absolute atomic E-state index is 12.3. The van der Waals surface area contributed by atoms with Gasteiger partial charge in [-0.2, -0.15) is 13.2 Å². The molecule has 1 heterocycles. The highest BCUT2D eigenvalue weighted by Crippen LogP contribution is 2.31. The quantitative estimate of drug-likeness (QED) is 0.696. The molecule has 0 unspecified atom stereocenters. The van der Waals surface area contributed by atoms with Crippen LogP contribution in [0.25, 0.3) is 0 Å². The van der Waals surface area contributed by atoms with Gasteiger partial charge in [-0.3, -0.25) is 4.79 Å². The van der Waals surface area contributed by atoms with E-state index in [1.807, 2.05) is 46.6 Å². The highest BCUT2D eigenvalue weighted by molar-refractivity contribution is 5.81. The highest BCUT2D eigenvalue weighted by atomic mass is 19.4. The monoisotopic (exact) mass is 392 g/mol. The minimum atomic E-state index is -4.84. The third-order valence-electron chi connectivity index (χ3n) is 4.69. The third kappa shape index (κ3) is 5.41. The van der Waals surface area contributed by atoms with Gasteiger partial charge in [0.15, 0.2) is 0 Å². The zero-order valence-corrected chi connectivity index (χ0v) is 15.5. The van der Waals surface area contributed by atoms with E-state index in [1.165, 1.54) is 5.56 Å². The van der Waals surface area contributed by atoms with E-state index < -0.39 is 12.1 Å². The number of rotatable bonds is 8. The van der Waals surface area contributed by atoms with E-state index in [1.54, 1.807) is 0 Å². The van der Waals surface area contributed by atoms with Crippen LogP contribution < -0.4 is 15.0 Å². The SMILES string of the molecule is O=C(NCCN1CCc2ccc(OCCCc3ccccc3)cc21)C(F)(F)F. The standard InChI is InChI=1S/C21H23F3N2O2/c22-21(23,24)20(27)25-11-13-26-12-10-17-8-9-18(15-19(17)26)28-14-4-7-16-5-2-1-3-6-16/h1-3,5-6,8-9,15H,4,7,10-14H2,(H,25,27). The van der Waals surface area contributed by atoms with Gasteiger partial charge < -0.3 is 15.0 Å². The number of halogens is 3. The van der Waals surface area contributed by atoms with Crippen molar-refractivity contribution in [3.8, 4) is 5.75 Å². The van der Waals surface area contributed by atoms with Crippen LogP contribution in [0.5, 0.6) is 5.75 Å². The lowest BCUT2D eigenvalue weighted by Crippen LogP contribution is -2.41. The predicted octanol–water partition coefficient (Wildman–Crippen LogP) is 3.74. The molecule has 1 N–H and O–H groups in total. The van der Waals surface area contributed by atoms with E-state index >= 15 is 0 Å². The smallest absolute Gasteiger partial charge is 0.471 e. The van der Waals surface area contributed by atoms with Crippen molar-refractivity contribution >= 4 is 11.6 Å². The van der Waals surface area contributed by atoms with Gasteiger partial charge in [0.25, 0.3) is 0 Å². The number of hydrogen-bond donors (Lipinski definition) is 1. The summed E-state index contributed by atoms with van der Waals surface area (Å²) in [7, 11) is 0. The summed E-state index contributed by atoms with van der Waals surface area (Å²) < 4.78 is 42.6. The van der Waals surface area contributed by atoms with Crippen LogP contribution in [0.15, 0.2) is 48.5 Å². The summed E-state index contributed by atoms with van der Waals surface area (Å²) in [5.41, 5.74) is 3.37. The molecule has 4 nitrogen and oxygen atoms in total. The minimum absolute atomic E-state index is 0.0556. The van der Waals surface area contributed by atoms with Crippen molar-refractivity contribution in [2.75, 3.05) is 31.1 Å². The molecule has 2 aromatic rings. The molecule has 0 bridgehead atoms. The number of ether oxygens (including phenoxy) is 1. The van der Waals surface area contributed by atoms with Gasteiger partial charge in [-0.25, -0.2) is 0 Å². The number of carbonyl (C=O) groups is 1. The van der Waals surface area contributed by atoms with Crippen molar-refractivity contribution < 1.29 is 22.7 Å². The molecule has 150 valence electrons. The Labute approximate surface area is 162 Å². The van der Waals surface area contributed by atoms with Crippen molar-refractivity contribution in [2.45, 2.75) is 25.4 Å². The number of hydrogen-bond acceptors (Lipinski definition) is 3. The van der Waals surface area contributed by atoms with Crippen LogP contribution in [0, 0.1) is 0 Å². The van der Waals surface area contributed by atoms with Crippen LogP contribution >= 0.6 is 0 Å². The Morgan fingerprint density at radius 3 is 2.68 bits per heavy atom. The Morgan fingerprint density at radius 2 is 1.93 bits per heavy atom. The number of nitrogens with zero attached hydrogens (tertiary/aromatic N) is 1. The molecule has 0 atom stereocenters. The molecule has 0 saturated carbocycles. The van der Waals surface area contributed by atoms with Gasteiger partial charge in [0, 0.05) is 31.4 Å². The lowest BCUT2D eigenvalue weighted by atomic mass is 10.1. The molecule has 7 heteroatoms. The summed E-state index contributed by atoms with van der Waals surface area (Å²) in [6, 6.07) is 16.0. The second-order valence-electron chi connectivity index (χ2n) is 6.72. The average molecular weight is 392 g/mol. The van der Waals surface area contributed by atoms with Crippen LogP contribution in [0.4, 0.5) is 18.9 Å². The summed E-state index contributed by atoms with van der Waals surface area (Å²) in [5.74, 6) is -1.15. The van der Waals surface area contributed by atoms with Crippen LogP contribution in [0.3, 0.4) is 0 Å². The number of fused-ring (bicyclic) bond motifs is 1. The van der Waals surface area contributed by atoms with Crippen LogP contribution in [0.1, 0.15) is 17.5 Å². The molecule has 0 aliphatic carbocycles. The second-order valence-corrected chi connectivity index (χ2v) is 6.72. The number of amides is 1. The molecular formula is C21H23F3N2O2. The predicted molar refractivity (Wildman–Crippen MR) is 102 cm³/mol. The van der Waals surface area contributed by atoms with Crippen molar-refractivity contribution in [3.63, 3.8) is 0 Å². The maximum Gasteiger partial charge on any atom is 0.471 e. The molecule has 0 spiro atoms. The van der Waals surface area contributed by atoms with Gasteiger partial charge >= 0.3 is 12.1 Å². The average Bonchev–Trinajstić information content (AvgIpc) is 3.08. The van der Waals surface area contributed by atoms with Crippen LogP contribution in [0.2, 0.25) is 0 Å². The van der Waals surface area contributed by atoms with Crippen molar-refractivity contribution in [3.05, 3.63) is 59.7 Å². The highest BCUT2D eigenvalue weighted by Gasteiger charge is 2.38. The first kappa shape index (κ1) is 20.0. The van der Waals surface area contributed by atoms with Gasteiger partial charge in [-0.05, 0) is 36.5 Å². The number of nitrogens with one attached hydrogen (secondary N) is 1. The van der Waals surface area contributed by atoms with E-state index in [0.717, 1.165) is 36.3 Å². The largest absolute Gasteiger partial charge is 0.494 e. The molecule has 1 amide bonds. The number of anilines is 1. The zero-order valence-electron chi connectivity index (χ0n) is 15.5. The molecule has 28 heavy (non-hydrogen) atoms. The van der Waals surface area contributed by atoms with Gasteiger partial charge in [-0.15, -0.1) is 0 Å². The molecule has 0 aromatic heterocycles. The molecule has 1 aliphatic heterocycles. The first-order chi connectivity index (χ1) is 13.4. The second kappa shape index (κ2) is 8.99. The summed E-state index contributed by atoms with van der Waals surface area (Å²) >= 11 is 0. The summed E-state index contributed by atoms with van der Waals surface area (Å²) in [5, 5.41) is 1.92. The molecular weight excluding hydrogens is 369 g/mol. The number of carbonyl (C=O) groups excluding carboxylic acids is 1. The van der Waals surface area contributed by atoms with Crippen molar-refractivity contribution in [1.82, 2.24) is 5.32 Å². The molecule has 0 saturated heterocycles. The Morgan fingerprint density at radius 1 is 1.14 bits per heavy atom. The number of alkyl halides is 3. The first-order valence-corrected chi connectivity index (χ1v) is 9.33. The molecule has 0 fully saturated rings. The van der Waals surface area contributed by atoms with Gasteiger partial charge in [-0.1, -0.05) is 36.4 Å². The maximum atomic E-state index is 12.3. The fourth-order valence-electron chi connectivity index (χ4n) is 3.26. The van der Waals surface area contributed by atoms with Crippen molar-refractivity contribution in [2.24, 2.45) is 0 Å². The van der Waals surface area contributed by atoms with Crippen molar-refractivity contribution in [1.29, 1.82) is 0 Å². The topological polar surface area (TPSA) is 41.6 Å². The summed E-state index contributed by atoms with van der Waals surface area (Å²) in [6.45, 7) is 1.58. The lowest BCUT2D eigenvalue weighted by Gasteiger charge is -2.20. The minimum Gasteiger partial charge on any atom is -0.494 e. The van der Waals surface area contributed by atoms with Crippen LogP contribution in [-0.2, 0) is 17.6 Å². The zero-order chi connectivity index (χ0) is 20.0. The Kier molecular flexibility index (Phi) is 6.44. The fourth-order valence-corrected chi connectivity index (χ4v) is 3.26. The van der Waals surface area contributed by atoms with Crippen LogP contribution in [-0.4, -0.2) is 38.3 Å². The number of benzene rings is 2. The summed E-state index contributed by atoms with van der Waals surface area (Å²) in [6.07, 6.45) is -2.17. The van der Waals surface area contributed by atoms with Gasteiger partial charge in [0.05, 0.1) is 6.61 Å². The number of aryl methyl sites for hydroxylation is 1. The van der Waals surface area contributed by atoms with E-state index in [2.05, 4.69) is 12.1 Å². The van der Waals surface area contributed by atoms with E-state index in [4.69, 9.17) is 4.74 Å². The molecule has 2 aromatic carbocycles. The van der Waals surface area contributed by atoms with E-state index in [9.17, 15) is 18.0 Å². The van der Waals surface area contributed by atoms with E-state index in [0.29, 0.717) is 19.7 Å². The first-order valence-electron chi connectivity index (χ1n) is 9.33. The Hall–Kier alpha value is -2.70. The molecule has 3 rings (SSSR count). The van der Waals surface area contributed by atoms with Gasteiger partial charge in [0.2, 0.25) is 0 Å². The molecule has 0 radical (unpaired) electrons. The van der Waals surface area contributed by atoms with Gasteiger partial charge in [0.1, 0.15) is 5.75 Å². The normalized spacial score (nSPS) is 13.3. The summed E-state index contributed by atoms with van der Waals surface area (Å²) in [4.78, 5) is 12.9. The Balaban J connectivity index is 1.48. The lowest BCUT2D eigenvalue weighted by molar-refractivity contribution is -0.173. The third-order valence-corrected chi connectivity index (χ3v) is 4.69. The van der Waals surface area contributed by atoms with E-state index in [-0.39, 0.29) is 6.54 Å². The molecule has 1 aliphatic rings.